The van der Waals surface area contributed by atoms with Crippen LogP contribution in [-0.2, 0) is 6.42 Å². The Labute approximate surface area is 150 Å². The van der Waals surface area contributed by atoms with Crippen molar-refractivity contribution in [1.82, 2.24) is 20.4 Å². The van der Waals surface area contributed by atoms with Crippen LogP contribution >= 0.6 is 0 Å². The molecule has 1 fully saturated rings. The Hall–Kier alpha value is -2.23. The first kappa shape index (κ1) is 19.1. The molecule has 136 valence electrons. The third kappa shape index (κ3) is 6.65. The summed E-state index contributed by atoms with van der Waals surface area (Å²) in [7, 11) is 4.22. The standard InChI is InChI=1S/C19H28N4O2/c1-4-13-25-18-7-5-16(6-8-18)9-10-20-19(24)21-14-17-15-22(2)11-12-23(17)3/h1,5-8,17H,9-15H2,2-3H3,(H2,20,21,24)/t17-/m1/s1. The summed E-state index contributed by atoms with van der Waals surface area (Å²) < 4.78 is 5.34. The van der Waals surface area contributed by atoms with Gasteiger partial charge in [0, 0.05) is 38.8 Å². The Kier molecular flexibility index (Phi) is 7.58. The Morgan fingerprint density at radius 2 is 2.04 bits per heavy atom. The Morgan fingerprint density at radius 3 is 2.76 bits per heavy atom. The fourth-order valence-electron chi connectivity index (χ4n) is 2.79. The first-order valence-electron chi connectivity index (χ1n) is 8.64. The van der Waals surface area contributed by atoms with Crippen LogP contribution in [0.15, 0.2) is 24.3 Å². The highest BCUT2D eigenvalue weighted by Crippen LogP contribution is 2.12. The molecule has 1 atom stereocenters. The zero-order valence-corrected chi connectivity index (χ0v) is 15.1. The summed E-state index contributed by atoms with van der Waals surface area (Å²) in [5.74, 6) is 3.19. The molecule has 0 bridgehead atoms. The van der Waals surface area contributed by atoms with E-state index in [2.05, 4.69) is 40.4 Å². The van der Waals surface area contributed by atoms with Gasteiger partial charge in [0.1, 0.15) is 12.4 Å². The highest BCUT2D eigenvalue weighted by atomic mass is 16.5. The van der Waals surface area contributed by atoms with Crippen LogP contribution in [0.25, 0.3) is 0 Å². The van der Waals surface area contributed by atoms with E-state index in [9.17, 15) is 4.79 Å². The molecule has 0 saturated carbocycles. The Bertz CT molecular complexity index is 582. The molecule has 1 aromatic rings. The summed E-state index contributed by atoms with van der Waals surface area (Å²) in [5.41, 5.74) is 1.14. The number of benzene rings is 1. The Balaban J connectivity index is 1.64. The van der Waals surface area contributed by atoms with Gasteiger partial charge in [-0.2, -0.15) is 0 Å². The SMILES string of the molecule is C#CCOc1ccc(CCNC(=O)NC[C@@H]2CN(C)CCN2C)cc1. The van der Waals surface area contributed by atoms with Gasteiger partial charge in [-0.1, -0.05) is 18.1 Å². The molecule has 2 rings (SSSR count). The molecule has 6 heteroatoms. The van der Waals surface area contributed by atoms with Crippen LogP contribution in [0.1, 0.15) is 5.56 Å². The fourth-order valence-corrected chi connectivity index (χ4v) is 2.79. The minimum atomic E-state index is -0.115. The van der Waals surface area contributed by atoms with Gasteiger partial charge in [-0.3, -0.25) is 4.90 Å². The van der Waals surface area contributed by atoms with E-state index < -0.39 is 0 Å². The van der Waals surface area contributed by atoms with Crippen molar-refractivity contribution in [3.63, 3.8) is 0 Å². The summed E-state index contributed by atoms with van der Waals surface area (Å²) in [5, 5.41) is 5.87. The van der Waals surface area contributed by atoms with Crippen molar-refractivity contribution >= 4 is 6.03 Å². The third-order valence-electron chi connectivity index (χ3n) is 4.42. The molecule has 2 amide bonds. The molecule has 0 unspecified atom stereocenters. The molecule has 0 spiro atoms. The van der Waals surface area contributed by atoms with Crippen LogP contribution < -0.4 is 15.4 Å². The van der Waals surface area contributed by atoms with Crippen LogP contribution in [0.3, 0.4) is 0 Å². The lowest BCUT2D eigenvalue weighted by atomic mass is 10.1. The average molecular weight is 344 g/mol. The quantitative estimate of drug-likeness (QED) is 0.718. The van der Waals surface area contributed by atoms with Gasteiger partial charge in [-0.05, 0) is 38.2 Å². The van der Waals surface area contributed by atoms with Gasteiger partial charge in [0.15, 0.2) is 0 Å². The van der Waals surface area contributed by atoms with Crippen molar-refractivity contribution in [2.24, 2.45) is 0 Å². The number of likely N-dealkylation sites (N-methyl/N-ethyl adjacent to an activating group) is 2. The maximum atomic E-state index is 11.9. The van der Waals surface area contributed by atoms with Crippen molar-refractivity contribution in [1.29, 1.82) is 0 Å². The van der Waals surface area contributed by atoms with Crippen LogP contribution in [0, 0.1) is 12.3 Å². The lowest BCUT2D eigenvalue weighted by molar-refractivity contribution is 0.114. The highest BCUT2D eigenvalue weighted by molar-refractivity contribution is 5.73. The first-order valence-corrected chi connectivity index (χ1v) is 8.64. The molecule has 0 aromatic heterocycles. The lowest BCUT2D eigenvalue weighted by Gasteiger charge is -2.37. The largest absolute Gasteiger partial charge is 0.481 e. The third-order valence-corrected chi connectivity index (χ3v) is 4.42. The predicted molar refractivity (Wildman–Crippen MR) is 99.8 cm³/mol. The molecular weight excluding hydrogens is 316 g/mol. The van der Waals surface area contributed by atoms with E-state index in [4.69, 9.17) is 11.2 Å². The second kappa shape index (κ2) is 9.92. The molecule has 1 saturated heterocycles. The monoisotopic (exact) mass is 344 g/mol. The summed E-state index contributed by atoms with van der Waals surface area (Å²) in [6.07, 6.45) is 5.93. The number of ether oxygens (including phenoxy) is 1. The second-order valence-electron chi connectivity index (χ2n) is 6.42. The maximum Gasteiger partial charge on any atom is 0.314 e. The maximum absolute atomic E-state index is 11.9. The number of amides is 2. The number of rotatable bonds is 7. The lowest BCUT2D eigenvalue weighted by Crippen LogP contribution is -2.55. The van der Waals surface area contributed by atoms with Gasteiger partial charge in [0.2, 0.25) is 0 Å². The van der Waals surface area contributed by atoms with Gasteiger partial charge in [-0.15, -0.1) is 6.42 Å². The van der Waals surface area contributed by atoms with Crippen molar-refractivity contribution in [2.75, 3.05) is 53.4 Å². The van der Waals surface area contributed by atoms with E-state index in [0.717, 1.165) is 37.4 Å². The van der Waals surface area contributed by atoms with Crippen LogP contribution in [0.2, 0.25) is 0 Å². The van der Waals surface area contributed by atoms with Crippen molar-refractivity contribution in [3.05, 3.63) is 29.8 Å². The smallest absolute Gasteiger partial charge is 0.314 e. The molecule has 0 aliphatic carbocycles. The summed E-state index contributed by atoms with van der Waals surface area (Å²) in [6.45, 7) is 4.61. The molecule has 6 nitrogen and oxygen atoms in total. The van der Waals surface area contributed by atoms with Gasteiger partial charge in [0.05, 0.1) is 0 Å². The number of nitrogens with zero attached hydrogens (tertiary/aromatic N) is 2. The molecule has 1 aliphatic rings. The van der Waals surface area contributed by atoms with E-state index >= 15 is 0 Å². The van der Waals surface area contributed by atoms with Crippen LogP contribution in [-0.4, -0.2) is 75.3 Å². The van der Waals surface area contributed by atoms with Crippen molar-refractivity contribution in [3.8, 4) is 18.1 Å². The predicted octanol–water partition coefficient (Wildman–Crippen LogP) is 0.786. The van der Waals surface area contributed by atoms with E-state index in [1.165, 1.54) is 0 Å². The summed E-state index contributed by atoms with van der Waals surface area (Å²) in [6, 6.07) is 8.00. The highest BCUT2D eigenvalue weighted by Gasteiger charge is 2.22. The van der Waals surface area contributed by atoms with Gasteiger partial charge in [0.25, 0.3) is 0 Å². The number of hydrogen-bond acceptors (Lipinski definition) is 4. The van der Waals surface area contributed by atoms with Crippen LogP contribution in [0.5, 0.6) is 5.75 Å². The number of hydrogen-bond donors (Lipinski definition) is 2. The number of nitrogens with one attached hydrogen (secondary N) is 2. The summed E-state index contributed by atoms with van der Waals surface area (Å²) >= 11 is 0. The molecular formula is C19H28N4O2. The zero-order chi connectivity index (χ0) is 18.1. The number of carbonyl (C=O) groups excluding carboxylic acids is 1. The van der Waals surface area contributed by atoms with Crippen molar-refractivity contribution in [2.45, 2.75) is 12.5 Å². The molecule has 25 heavy (non-hydrogen) atoms. The van der Waals surface area contributed by atoms with E-state index in [-0.39, 0.29) is 12.6 Å². The van der Waals surface area contributed by atoms with Crippen LogP contribution in [0.4, 0.5) is 4.79 Å². The van der Waals surface area contributed by atoms with E-state index in [1.807, 2.05) is 24.3 Å². The average Bonchev–Trinajstić information content (AvgIpc) is 2.62. The Morgan fingerprint density at radius 1 is 1.28 bits per heavy atom. The number of urea groups is 1. The number of terminal acetylenes is 1. The fraction of sp³-hybridized carbons (Fsp3) is 0.526. The molecule has 1 heterocycles. The van der Waals surface area contributed by atoms with E-state index in [0.29, 0.717) is 19.1 Å². The summed E-state index contributed by atoms with van der Waals surface area (Å²) in [4.78, 5) is 16.5. The number of carbonyl (C=O) groups is 1. The van der Waals surface area contributed by atoms with Gasteiger partial charge < -0.3 is 20.3 Å². The first-order chi connectivity index (χ1) is 12.1. The molecule has 1 aromatic carbocycles. The number of piperazine rings is 1. The second-order valence-corrected chi connectivity index (χ2v) is 6.42. The van der Waals surface area contributed by atoms with Gasteiger partial charge >= 0.3 is 6.03 Å². The minimum Gasteiger partial charge on any atom is -0.481 e. The minimum absolute atomic E-state index is 0.115. The zero-order valence-electron chi connectivity index (χ0n) is 15.1. The topological polar surface area (TPSA) is 56.8 Å². The molecule has 2 N–H and O–H groups in total. The van der Waals surface area contributed by atoms with E-state index in [1.54, 1.807) is 0 Å². The molecule has 0 radical (unpaired) electrons. The normalized spacial score (nSPS) is 18.4. The van der Waals surface area contributed by atoms with Crippen molar-refractivity contribution < 1.29 is 9.53 Å². The molecule has 1 aliphatic heterocycles. The van der Waals surface area contributed by atoms with Gasteiger partial charge in [-0.25, -0.2) is 4.79 Å².